The van der Waals surface area contributed by atoms with Gasteiger partial charge in [0.2, 0.25) is 0 Å². The highest BCUT2D eigenvalue weighted by atomic mass is 16.1. The van der Waals surface area contributed by atoms with Gasteiger partial charge < -0.3 is 0 Å². The number of rotatable bonds is 1. The predicted molar refractivity (Wildman–Crippen MR) is 45.6 cm³/mol. The summed E-state index contributed by atoms with van der Waals surface area (Å²) in [5.74, 6) is 0.463. The third-order valence-corrected chi connectivity index (χ3v) is 1.91. The van der Waals surface area contributed by atoms with Crippen molar-refractivity contribution in [1.82, 2.24) is 19.6 Å². The van der Waals surface area contributed by atoms with Gasteiger partial charge in [0.05, 0.1) is 17.6 Å². The molecule has 0 aromatic carbocycles. The molecule has 0 aliphatic carbocycles. The van der Waals surface area contributed by atoms with Crippen molar-refractivity contribution >= 4 is 12.1 Å². The normalized spacial score (nSPS) is 10.6. The Morgan fingerprint density at radius 2 is 2.15 bits per heavy atom. The molecule has 0 spiro atoms. The maximum absolute atomic E-state index is 10.5. The van der Waals surface area contributed by atoms with E-state index in [-0.39, 0.29) is 0 Å². The van der Waals surface area contributed by atoms with E-state index in [1.54, 1.807) is 0 Å². The fourth-order valence-corrected chi connectivity index (χ4v) is 1.06. The first kappa shape index (κ1) is 7.85. The summed E-state index contributed by atoms with van der Waals surface area (Å²) in [6.07, 6.45) is 2.17. The Labute approximate surface area is 74.4 Å². The van der Waals surface area contributed by atoms with E-state index >= 15 is 0 Å². The molecule has 2 aromatic heterocycles. The molecule has 0 bridgehead atoms. The minimum atomic E-state index is 0.422. The monoisotopic (exact) mass is 176 g/mol. The molecule has 0 saturated heterocycles. The van der Waals surface area contributed by atoms with Crippen LogP contribution in [0.1, 0.15) is 21.9 Å². The second-order valence-electron chi connectivity index (χ2n) is 2.80. The Morgan fingerprint density at radius 3 is 2.85 bits per heavy atom. The lowest BCUT2D eigenvalue weighted by molar-refractivity contribution is 0.111. The molecule has 66 valence electrons. The van der Waals surface area contributed by atoms with Crippen molar-refractivity contribution in [3.8, 4) is 0 Å². The molecule has 0 atom stereocenters. The second-order valence-corrected chi connectivity index (χ2v) is 2.80. The number of hydrogen-bond donors (Lipinski definition) is 0. The van der Waals surface area contributed by atoms with Crippen molar-refractivity contribution in [3.05, 3.63) is 23.3 Å². The summed E-state index contributed by atoms with van der Waals surface area (Å²) in [5, 5.41) is 4.17. The quantitative estimate of drug-likeness (QED) is 0.595. The Kier molecular flexibility index (Phi) is 1.58. The van der Waals surface area contributed by atoms with Crippen LogP contribution in [0.3, 0.4) is 0 Å². The van der Waals surface area contributed by atoms with Gasteiger partial charge in [0.1, 0.15) is 5.69 Å². The van der Waals surface area contributed by atoms with Crippen LogP contribution in [0.15, 0.2) is 6.20 Å². The number of imidazole rings is 1. The lowest BCUT2D eigenvalue weighted by Gasteiger charge is -1.98. The minimum Gasteiger partial charge on any atom is -0.296 e. The summed E-state index contributed by atoms with van der Waals surface area (Å²) >= 11 is 0. The van der Waals surface area contributed by atoms with Crippen LogP contribution in [0, 0.1) is 13.8 Å². The highest BCUT2D eigenvalue weighted by molar-refractivity contribution is 5.72. The van der Waals surface area contributed by atoms with Gasteiger partial charge in [-0.05, 0) is 13.8 Å². The maximum atomic E-state index is 10.5. The van der Waals surface area contributed by atoms with Gasteiger partial charge in [0.25, 0.3) is 5.78 Å². The molecule has 0 saturated carbocycles. The summed E-state index contributed by atoms with van der Waals surface area (Å²) < 4.78 is 1.44. The van der Waals surface area contributed by atoms with Gasteiger partial charge in [-0.2, -0.15) is 9.61 Å². The molecule has 2 heterocycles. The van der Waals surface area contributed by atoms with Crippen molar-refractivity contribution in [3.63, 3.8) is 0 Å². The van der Waals surface area contributed by atoms with E-state index in [4.69, 9.17) is 0 Å². The molecule has 2 rings (SSSR count). The smallest absolute Gasteiger partial charge is 0.251 e. The maximum Gasteiger partial charge on any atom is 0.251 e. The Morgan fingerprint density at radius 1 is 1.38 bits per heavy atom. The molecule has 0 amide bonds. The van der Waals surface area contributed by atoms with Crippen molar-refractivity contribution in [1.29, 1.82) is 0 Å². The summed E-state index contributed by atoms with van der Waals surface area (Å²) in [6, 6.07) is 0. The highest BCUT2D eigenvalue weighted by Gasteiger charge is 2.06. The number of fused-ring (bicyclic) bond motifs is 1. The van der Waals surface area contributed by atoms with Crippen molar-refractivity contribution in [2.45, 2.75) is 13.8 Å². The first-order valence-electron chi connectivity index (χ1n) is 3.86. The number of aromatic nitrogens is 4. The molecule has 0 aliphatic heterocycles. The third kappa shape index (κ3) is 1.09. The zero-order valence-electron chi connectivity index (χ0n) is 7.35. The lowest BCUT2D eigenvalue weighted by atomic mass is 10.4. The second kappa shape index (κ2) is 2.62. The van der Waals surface area contributed by atoms with Crippen LogP contribution in [0.5, 0.6) is 0 Å². The minimum absolute atomic E-state index is 0.422. The van der Waals surface area contributed by atoms with Crippen LogP contribution < -0.4 is 0 Å². The Bertz CT molecular complexity index is 474. The van der Waals surface area contributed by atoms with Gasteiger partial charge in [-0.25, -0.2) is 9.97 Å². The van der Waals surface area contributed by atoms with Crippen molar-refractivity contribution in [2.24, 2.45) is 0 Å². The summed E-state index contributed by atoms with van der Waals surface area (Å²) in [6.45, 7) is 3.70. The molecular formula is C8H8N4O. The molecule has 2 aromatic rings. The van der Waals surface area contributed by atoms with Crippen molar-refractivity contribution in [2.75, 3.05) is 0 Å². The summed E-state index contributed by atoms with van der Waals surface area (Å²) in [5.41, 5.74) is 2.05. The highest BCUT2D eigenvalue weighted by Crippen LogP contribution is 2.04. The molecule has 0 aliphatic rings. The number of carbonyl (C=O) groups is 1. The number of aryl methyl sites for hydroxylation is 2. The Hall–Kier alpha value is -1.78. The first-order valence-corrected chi connectivity index (χ1v) is 3.86. The van der Waals surface area contributed by atoms with Gasteiger partial charge in [-0.1, -0.05) is 0 Å². The molecular weight excluding hydrogens is 168 g/mol. The number of carbonyl (C=O) groups excluding carboxylic acids is 1. The van der Waals surface area contributed by atoms with Crippen LogP contribution >= 0.6 is 0 Å². The topological polar surface area (TPSA) is 60.2 Å². The first-order chi connectivity index (χ1) is 6.22. The third-order valence-electron chi connectivity index (χ3n) is 1.91. The van der Waals surface area contributed by atoms with Crippen LogP contribution in [-0.4, -0.2) is 25.9 Å². The lowest BCUT2D eigenvalue weighted by Crippen LogP contribution is -2.03. The number of nitrogens with zero attached hydrogens (tertiary/aromatic N) is 4. The SMILES string of the molecule is Cc1nc2ncc(C=O)n2nc1C. The molecule has 0 N–H and O–H groups in total. The summed E-state index contributed by atoms with van der Waals surface area (Å²) in [7, 11) is 0. The average Bonchev–Trinajstić information content (AvgIpc) is 2.48. The van der Waals surface area contributed by atoms with Gasteiger partial charge in [-0.3, -0.25) is 4.79 Å². The van der Waals surface area contributed by atoms with Gasteiger partial charge >= 0.3 is 0 Å². The number of aldehydes is 1. The van der Waals surface area contributed by atoms with Gasteiger partial charge in [-0.15, -0.1) is 0 Å². The van der Waals surface area contributed by atoms with Crippen molar-refractivity contribution < 1.29 is 4.79 Å². The van der Waals surface area contributed by atoms with E-state index in [0.29, 0.717) is 17.8 Å². The fraction of sp³-hybridized carbons (Fsp3) is 0.250. The average molecular weight is 176 g/mol. The van der Waals surface area contributed by atoms with E-state index in [1.807, 2.05) is 13.8 Å². The standard InChI is InChI=1S/C8H8N4O/c1-5-6(2)11-12-7(4-13)3-9-8(12)10-5/h3-4H,1-2H3. The van der Waals surface area contributed by atoms with E-state index in [2.05, 4.69) is 15.1 Å². The fourth-order valence-electron chi connectivity index (χ4n) is 1.06. The molecule has 5 nitrogen and oxygen atoms in total. The molecule has 5 heteroatoms. The van der Waals surface area contributed by atoms with Gasteiger partial charge in [0, 0.05) is 0 Å². The largest absolute Gasteiger partial charge is 0.296 e. The zero-order chi connectivity index (χ0) is 9.42. The van der Waals surface area contributed by atoms with Crippen LogP contribution in [-0.2, 0) is 0 Å². The predicted octanol–water partition coefficient (Wildman–Crippen LogP) is 0.554. The molecule has 0 fully saturated rings. The Balaban J connectivity index is 2.84. The van der Waals surface area contributed by atoms with Gasteiger partial charge in [0.15, 0.2) is 6.29 Å². The number of hydrogen-bond acceptors (Lipinski definition) is 4. The van der Waals surface area contributed by atoms with E-state index in [1.165, 1.54) is 10.7 Å². The van der Waals surface area contributed by atoms with Crippen LogP contribution in [0.4, 0.5) is 0 Å². The zero-order valence-corrected chi connectivity index (χ0v) is 7.35. The van der Waals surface area contributed by atoms with E-state index in [0.717, 1.165) is 11.4 Å². The summed E-state index contributed by atoms with van der Waals surface area (Å²) in [4.78, 5) is 18.7. The van der Waals surface area contributed by atoms with Crippen LogP contribution in [0.25, 0.3) is 5.78 Å². The van der Waals surface area contributed by atoms with Crippen LogP contribution in [0.2, 0.25) is 0 Å². The van der Waals surface area contributed by atoms with E-state index in [9.17, 15) is 4.79 Å². The van der Waals surface area contributed by atoms with E-state index < -0.39 is 0 Å². The molecule has 13 heavy (non-hydrogen) atoms. The molecule has 0 unspecified atom stereocenters. The molecule has 0 radical (unpaired) electrons.